The van der Waals surface area contributed by atoms with Crippen molar-refractivity contribution in [1.82, 2.24) is 0 Å². The molecule has 4 nitrogen and oxygen atoms in total. The van der Waals surface area contributed by atoms with E-state index in [4.69, 9.17) is 0 Å². The monoisotopic (exact) mass is 335 g/mol. The quantitative estimate of drug-likeness (QED) is 0.732. The van der Waals surface area contributed by atoms with E-state index in [9.17, 15) is 15.0 Å². The first-order valence-corrected chi connectivity index (χ1v) is 6.78. The molecule has 0 aliphatic rings. The largest absolute Gasteiger partial charge is 0.504 e. The molecule has 0 heterocycles. The number of benzene rings is 2. The summed E-state index contributed by atoms with van der Waals surface area (Å²) in [4.78, 5) is 12.2. The second-order valence-corrected chi connectivity index (χ2v) is 5.42. The van der Waals surface area contributed by atoms with Crippen LogP contribution >= 0.6 is 15.9 Å². The van der Waals surface area contributed by atoms with E-state index in [1.165, 1.54) is 18.2 Å². The third kappa shape index (κ3) is 2.77. The molecule has 2 rings (SSSR count). The van der Waals surface area contributed by atoms with E-state index in [-0.39, 0.29) is 11.3 Å². The molecule has 0 atom stereocenters. The number of anilines is 1. The van der Waals surface area contributed by atoms with Gasteiger partial charge in [-0.1, -0.05) is 12.1 Å². The number of phenolic OH excluding ortho intramolecular Hbond substituents is 2. The van der Waals surface area contributed by atoms with Crippen LogP contribution in [-0.4, -0.2) is 16.1 Å². The minimum Gasteiger partial charge on any atom is -0.504 e. The van der Waals surface area contributed by atoms with Crippen LogP contribution < -0.4 is 5.32 Å². The highest BCUT2D eigenvalue weighted by molar-refractivity contribution is 9.10. The van der Waals surface area contributed by atoms with Crippen molar-refractivity contribution in [2.75, 3.05) is 5.32 Å². The third-order valence-electron chi connectivity index (χ3n) is 2.93. The molecule has 0 aliphatic carbocycles. The highest BCUT2D eigenvalue weighted by Crippen LogP contribution is 2.31. The van der Waals surface area contributed by atoms with Crippen LogP contribution in [0.25, 0.3) is 0 Å². The molecule has 1 amide bonds. The molecule has 0 spiro atoms. The molecule has 0 bridgehead atoms. The third-order valence-corrected chi connectivity index (χ3v) is 3.56. The van der Waals surface area contributed by atoms with Gasteiger partial charge in [0.1, 0.15) is 0 Å². The van der Waals surface area contributed by atoms with Crippen molar-refractivity contribution in [1.29, 1.82) is 0 Å². The number of phenols is 2. The molecule has 3 N–H and O–H groups in total. The van der Waals surface area contributed by atoms with Gasteiger partial charge in [0, 0.05) is 4.47 Å². The van der Waals surface area contributed by atoms with Crippen molar-refractivity contribution in [2.45, 2.75) is 13.8 Å². The number of hydrogen-bond donors (Lipinski definition) is 3. The number of aryl methyl sites for hydroxylation is 2. The molecule has 0 saturated carbocycles. The predicted octanol–water partition coefficient (Wildman–Crippen LogP) is 3.73. The zero-order valence-electron chi connectivity index (χ0n) is 11.1. The van der Waals surface area contributed by atoms with E-state index >= 15 is 0 Å². The maximum Gasteiger partial charge on any atom is 0.259 e. The van der Waals surface area contributed by atoms with Crippen molar-refractivity contribution >= 4 is 27.5 Å². The number of carbonyl (C=O) groups excluding carboxylic acids is 1. The van der Waals surface area contributed by atoms with Gasteiger partial charge in [0.2, 0.25) is 0 Å². The summed E-state index contributed by atoms with van der Waals surface area (Å²) in [6.45, 7) is 3.85. The lowest BCUT2D eigenvalue weighted by atomic mass is 10.1. The Morgan fingerprint density at radius 2 is 1.90 bits per heavy atom. The number of nitrogens with one attached hydrogen (secondary N) is 1. The van der Waals surface area contributed by atoms with Gasteiger partial charge in [-0.2, -0.15) is 0 Å². The smallest absolute Gasteiger partial charge is 0.259 e. The molecule has 0 unspecified atom stereocenters. The average molecular weight is 336 g/mol. The molecule has 2 aromatic carbocycles. The highest BCUT2D eigenvalue weighted by atomic mass is 79.9. The number of hydrogen-bond acceptors (Lipinski definition) is 3. The Bertz CT molecular complexity index is 660. The van der Waals surface area contributed by atoms with Crippen molar-refractivity contribution in [3.8, 4) is 11.5 Å². The fourth-order valence-corrected chi connectivity index (χ4v) is 2.74. The number of para-hydroxylation sites is 1. The Kier molecular flexibility index (Phi) is 3.99. The summed E-state index contributed by atoms with van der Waals surface area (Å²) >= 11 is 3.41. The molecule has 2 aromatic rings. The molecular weight excluding hydrogens is 322 g/mol. The van der Waals surface area contributed by atoms with Crippen LogP contribution in [-0.2, 0) is 0 Å². The standard InChI is InChI=1S/C15H14BrNO3/c1-8-6-9(2)13(11(16)7-8)17-15(20)10-4-3-5-12(18)14(10)19/h3-7,18-19H,1-2H3,(H,17,20). The lowest BCUT2D eigenvalue weighted by molar-refractivity contribution is 0.102. The van der Waals surface area contributed by atoms with Crippen LogP contribution in [0, 0.1) is 13.8 Å². The fourth-order valence-electron chi connectivity index (χ4n) is 1.97. The summed E-state index contributed by atoms with van der Waals surface area (Å²) < 4.78 is 0.767. The molecule has 0 aromatic heterocycles. The van der Waals surface area contributed by atoms with Crippen LogP contribution in [0.1, 0.15) is 21.5 Å². The zero-order chi connectivity index (χ0) is 14.9. The van der Waals surface area contributed by atoms with Crippen LogP contribution in [0.2, 0.25) is 0 Å². The lowest BCUT2D eigenvalue weighted by Gasteiger charge is -2.12. The molecule has 20 heavy (non-hydrogen) atoms. The summed E-state index contributed by atoms with van der Waals surface area (Å²) in [5.74, 6) is -1.23. The van der Waals surface area contributed by atoms with E-state index in [2.05, 4.69) is 21.2 Å². The molecule has 5 heteroatoms. The Hall–Kier alpha value is -2.01. The minimum absolute atomic E-state index is 0.0249. The summed E-state index contributed by atoms with van der Waals surface area (Å²) in [7, 11) is 0. The highest BCUT2D eigenvalue weighted by Gasteiger charge is 2.16. The number of aromatic hydroxyl groups is 2. The predicted molar refractivity (Wildman–Crippen MR) is 81.3 cm³/mol. The Balaban J connectivity index is 2.36. The lowest BCUT2D eigenvalue weighted by Crippen LogP contribution is -2.13. The molecular formula is C15H14BrNO3. The van der Waals surface area contributed by atoms with E-state index in [1.54, 1.807) is 0 Å². The number of amides is 1. The molecule has 104 valence electrons. The molecule has 0 saturated heterocycles. The Morgan fingerprint density at radius 1 is 1.20 bits per heavy atom. The van der Waals surface area contributed by atoms with Crippen LogP contribution in [0.15, 0.2) is 34.8 Å². The summed E-state index contributed by atoms with van der Waals surface area (Å²) in [5.41, 5.74) is 2.65. The van der Waals surface area contributed by atoms with Crippen molar-refractivity contribution < 1.29 is 15.0 Å². The van der Waals surface area contributed by atoms with Gasteiger partial charge in [-0.05, 0) is 59.1 Å². The number of carbonyl (C=O) groups is 1. The normalized spacial score (nSPS) is 10.3. The second kappa shape index (κ2) is 5.54. The van der Waals surface area contributed by atoms with Crippen LogP contribution in [0.3, 0.4) is 0 Å². The maximum absolute atomic E-state index is 12.2. The average Bonchev–Trinajstić information content (AvgIpc) is 2.36. The van der Waals surface area contributed by atoms with Crippen LogP contribution in [0.4, 0.5) is 5.69 Å². The summed E-state index contributed by atoms with van der Waals surface area (Å²) in [6.07, 6.45) is 0. The van der Waals surface area contributed by atoms with Gasteiger partial charge in [-0.15, -0.1) is 0 Å². The van der Waals surface area contributed by atoms with Crippen molar-refractivity contribution in [3.05, 3.63) is 51.5 Å². The van der Waals surface area contributed by atoms with Gasteiger partial charge in [-0.25, -0.2) is 0 Å². The van der Waals surface area contributed by atoms with Crippen LogP contribution in [0.5, 0.6) is 11.5 Å². The van der Waals surface area contributed by atoms with Crippen molar-refractivity contribution in [3.63, 3.8) is 0 Å². The van der Waals surface area contributed by atoms with Gasteiger partial charge >= 0.3 is 0 Å². The molecule has 0 fully saturated rings. The maximum atomic E-state index is 12.2. The molecule has 0 radical (unpaired) electrons. The first kappa shape index (κ1) is 14.4. The first-order valence-electron chi connectivity index (χ1n) is 5.99. The van der Waals surface area contributed by atoms with E-state index in [1.807, 2.05) is 26.0 Å². The number of rotatable bonds is 2. The van der Waals surface area contributed by atoms with Gasteiger partial charge in [0.15, 0.2) is 11.5 Å². The van der Waals surface area contributed by atoms with Gasteiger partial charge < -0.3 is 15.5 Å². The molecule has 0 aliphatic heterocycles. The van der Waals surface area contributed by atoms with Gasteiger partial charge in [-0.3, -0.25) is 4.79 Å². The second-order valence-electron chi connectivity index (χ2n) is 4.57. The summed E-state index contributed by atoms with van der Waals surface area (Å²) in [6, 6.07) is 8.11. The first-order chi connectivity index (χ1) is 9.40. The Labute approximate surface area is 125 Å². The van der Waals surface area contributed by atoms with Crippen molar-refractivity contribution in [2.24, 2.45) is 0 Å². The van der Waals surface area contributed by atoms with Gasteiger partial charge in [0.25, 0.3) is 5.91 Å². The topological polar surface area (TPSA) is 69.6 Å². The number of halogens is 1. The van der Waals surface area contributed by atoms with Gasteiger partial charge in [0.05, 0.1) is 11.3 Å². The zero-order valence-corrected chi connectivity index (χ0v) is 12.7. The Morgan fingerprint density at radius 3 is 2.55 bits per heavy atom. The minimum atomic E-state index is -0.481. The van der Waals surface area contributed by atoms with E-state index in [0.29, 0.717) is 5.69 Å². The van der Waals surface area contributed by atoms with E-state index in [0.717, 1.165) is 15.6 Å². The SMILES string of the molecule is Cc1cc(C)c(NC(=O)c2cccc(O)c2O)c(Br)c1. The summed E-state index contributed by atoms with van der Waals surface area (Å²) in [5, 5.41) is 21.9. The van der Waals surface area contributed by atoms with E-state index < -0.39 is 11.7 Å². The fraction of sp³-hybridized carbons (Fsp3) is 0.133.